The number of imidazole rings is 1. The molecule has 3 aromatic heterocycles. The molecule has 4 rings (SSSR count). The minimum atomic E-state index is -0.586. The summed E-state index contributed by atoms with van der Waals surface area (Å²) < 4.78 is 19.0. The van der Waals surface area contributed by atoms with Crippen molar-refractivity contribution < 1.29 is 13.9 Å². The van der Waals surface area contributed by atoms with Crippen LogP contribution in [0.25, 0.3) is 16.8 Å². The summed E-state index contributed by atoms with van der Waals surface area (Å²) in [5, 5.41) is 2.71. The molecule has 1 amide bonds. The van der Waals surface area contributed by atoms with Crippen LogP contribution in [0.15, 0.2) is 54.9 Å². The van der Waals surface area contributed by atoms with E-state index < -0.39 is 6.67 Å². The zero-order chi connectivity index (χ0) is 17.9. The Labute approximate surface area is 147 Å². The lowest BCUT2D eigenvalue weighted by molar-refractivity contribution is 0.102. The minimum absolute atomic E-state index is 0.0543. The molecule has 3 heterocycles. The number of benzene rings is 1. The van der Waals surface area contributed by atoms with Crippen molar-refractivity contribution in [2.45, 2.75) is 0 Å². The number of nitrogens with one attached hydrogen (secondary N) is 1. The van der Waals surface area contributed by atoms with Gasteiger partial charge in [0.2, 0.25) is 11.7 Å². The number of rotatable bonds is 5. The van der Waals surface area contributed by atoms with E-state index in [4.69, 9.17) is 4.74 Å². The number of anilines is 1. The minimum Gasteiger partial charge on any atom is -0.475 e. The van der Waals surface area contributed by atoms with Gasteiger partial charge in [0.15, 0.2) is 0 Å². The van der Waals surface area contributed by atoms with Crippen LogP contribution in [0.1, 0.15) is 10.5 Å². The van der Waals surface area contributed by atoms with E-state index in [-0.39, 0.29) is 18.2 Å². The van der Waals surface area contributed by atoms with Crippen LogP contribution in [0.4, 0.5) is 10.1 Å². The fourth-order valence-electron chi connectivity index (χ4n) is 2.55. The van der Waals surface area contributed by atoms with Crippen molar-refractivity contribution in [1.29, 1.82) is 0 Å². The van der Waals surface area contributed by atoms with Gasteiger partial charge in [0.25, 0.3) is 5.91 Å². The van der Waals surface area contributed by atoms with Crippen LogP contribution in [-0.2, 0) is 0 Å². The third-order valence-electron chi connectivity index (χ3n) is 3.73. The molecule has 0 saturated carbocycles. The molecule has 1 N–H and O–H groups in total. The Balaban J connectivity index is 1.55. The van der Waals surface area contributed by atoms with Gasteiger partial charge in [-0.1, -0.05) is 12.1 Å². The Kier molecular flexibility index (Phi) is 4.14. The summed E-state index contributed by atoms with van der Waals surface area (Å²) in [6.45, 7) is -0.640. The highest BCUT2D eigenvalue weighted by Gasteiger charge is 2.12. The van der Waals surface area contributed by atoms with Crippen molar-refractivity contribution in [1.82, 2.24) is 19.4 Å². The predicted octanol–water partition coefficient (Wildman–Crippen LogP) is 2.88. The summed E-state index contributed by atoms with van der Waals surface area (Å²) in [5.74, 6) is 0.370. The van der Waals surface area contributed by atoms with E-state index in [0.29, 0.717) is 17.3 Å². The molecular formula is C18H14FN5O2. The molecule has 26 heavy (non-hydrogen) atoms. The molecule has 0 aliphatic heterocycles. The maximum Gasteiger partial charge on any atom is 0.274 e. The summed E-state index contributed by atoms with van der Waals surface area (Å²) in [6.07, 6.45) is 3.20. The number of alkyl halides is 1. The first kappa shape index (κ1) is 15.9. The molecule has 0 bridgehead atoms. The zero-order valence-electron chi connectivity index (χ0n) is 13.6. The summed E-state index contributed by atoms with van der Waals surface area (Å²) in [5.41, 5.74) is 2.46. The van der Waals surface area contributed by atoms with Crippen molar-refractivity contribution in [2.24, 2.45) is 0 Å². The number of halogens is 1. The van der Waals surface area contributed by atoms with E-state index in [1.54, 1.807) is 24.4 Å². The number of pyridine rings is 1. The lowest BCUT2D eigenvalue weighted by Gasteiger charge is -2.06. The highest BCUT2D eigenvalue weighted by atomic mass is 19.1. The number of carbonyl (C=O) groups excluding carboxylic acids is 1. The Bertz CT molecular complexity index is 1080. The Morgan fingerprint density at radius 1 is 1.15 bits per heavy atom. The standard InChI is InChI=1S/C18H14FN5O2/c19-8-10-26-16-6-5-12(11-20-16)21-17(25)14-7-9-24-15-4-2-1-3-13(15)22-18(24)23-14/h1-7,9,11H,8,10H2,(H,21,25). The van der Waals surface area contributed by atoms with Crippen LogP contribution >= 0.6 is 0 Å². The predicted molar refractivity (Wildman–Crippen MR) is 94.2 cm³/mol. The lowest BCUT2D eigenvalue weighted by Crippen LogP contribution is -2.14. The van der Waals surface area contributed by atoms with Crippen molar-refractivity contribution in [2.75, 3.05) is 18.6 Å². The molecule has 130 valence electrons. The van der Waals surface area contributed by atoms with E-state index in [1.165, 1.54) is 6.20 Å². The maximum atomic E-state index is 12.4. The van der Waals surface area contributed by atoms with Crippen molar-refractivity contribution >= 4 is 28.4 Å². The van der Waals surface area contributed by atoms with Crippen LogP contribution in [0.3, 0.4) is 0 Å². The van der Waals surface area contributed by atoms with Gasteiger partial charge in [0.05, 0.1) is 22.9 Å². The first-order valence-corrected chi connectivity index (χ1v) is 7.94. The molecule has 8 heteroatoms. The van der Waals surface area contributed by atoms with Crippen molar-refractivity contribution in [3.63, 3.8) is 0 Å². The fraction of sp³-hybridized carbons (Fsp3) is 0.111. The molecule has 0 radical (unpaired) electrons. The van der Waals surface area contributed by atoms with Gasteiger partial charge in [-0.25, -0.2) is 19.3 Å². The molecule has 1 aromatic carbocycles. The molecule has 7 nitrogen and oxygen atoms in total. The molecule has 0 atom stereocenters. The molecule has 0 aliphatic carbocycles. The molecule has 4 aromatic rings. The topological polar surface area (TPSA) is 81.4 Å². The van der Waals surface area contributed by atoms with Crippen LogP contribution in [0, 0.1) is 0 Å². The van der Waals surface area contributed by atoms with Gasteiger partial charge >= 0.3 is 0 Å². The van der Waals surface area contributed by atoms with Crippen LogP contribution < -0.4 is 10.1 Å². The molecular weight excluding hydrogens is 337 g/mol. The van der Waals surface area contributed by atoms with Crippen LogP contribution in [0.2, 0.25) is 0 Å². The molecule has 0 aliphatic rings. The quantitative estimate of drug-likeness (QED) is 0.598. The van der Waals surface area contributed by atoms with Crippen molar-refractivity contribution in [3.8, 4) is 5.88 Å². The van der Waals surface area contributed by atoms with E-state index in [1.807, 2.05) is 28.7 Å². The number of carbonyl (C=O) groups is 1. The summed E-state index contributed by atoms with van der Waals surface area (Å²) >= 11 is 0. The van der Waals surface area contributed by atoms with Crippen LogP contribution in [-0.4, -0.2) is 38.5 Å². The van der Waals surface area contributed by atoms with Crippen molar-refractivity contribution in [3.05, 3.63) is 60.6 Å². The second-order valence-electron chi connectivity index (χ2n) is 5.46. The Morgan fingerprint density at radius 2 is 2.04 bits per heavy atom. The lowest BCUT2D eigenvalue weighted by atomic mass is 10.3. The molecule has 0 spiro atoms. The van der Waals surface area contributed by atoms with E-state index in [2.05, 4.69) is 20.3 Å². The summed E-state index contributed by atoms with van der Waals surface area (Å²) in [7, 11) is 0. The average Bonchev–Trinajstić information content (AvgIpc) is 3.05. The third kappa shape index (κ3) is 3.04. The number of para-hydroxylation sites is 2. The Morgan fingerprint density at radius 3 is 2.85 bits per heavy atom. The molecule has 0 fully saturated rings. The number of nitrogens with zero attached hydrogens (tertiary/aromatic N) is 4. The SMILES string of the molecule is O=C(Nc1ccc(OCCF)nc1)c1ccn2c(n1)nc1ccccc12. The van der Waals surface area contributed by atoms with E-state index >= 15 is 0 Å². The van der Waals surface area contributed by atoms with Gasteiger partial charge in [-0.2, -0.15) is 0 Å². The van der Waals surface area contributed by atoms with Gasteiger partial charge < -0.3 is 10.1 Å². The zero-order valence-corrected chi connectivity index (χ0v) is 13.6. The van der Waals surface area contributed by atoms with Crippen LogP contribution in [0.5, 0.6) is 5.88 Å². The van der Waals surface area contributed by atoms with E-state index in [0.717, 1.165) is 11.0 Å². The number of hydrogen-bond acceptors (Lipinski definition) is 5. The highest BCUT2D eigenvalue weighted by molar-refractivity contribution is 6.03. The smallest absolute Gasteiger partial charge is 0.274 e. The van der Waals surface area contributed by atoms with Gasteiger partial charge in [-0.3, -0.25) is 9.20 Å². The van der Waals surface area contributed by atoms with Gasteiger partial charge in [0.1, 0.15) is 19.0 Å². The van der Waals surface area contributed by atoms with Gasteiger partial charge in [-0.05, 0) is 24.3 Å². The third-order valence-corrected chi connectivity index (χ3v) is 3.73. The van der Waals surface area contributed by atoms with Gasteiger partial charge in [-0.15, -0.1) is 0 Å². The number of hydrogen-bond donors (Lipinski definition) is 1. The normalized spacial score (nSPS) is 11.0. The van der Waals surface area contributed by atoms with E-state index in [9.17, 15) is 9.18 Å². The van der Waals surface area contributed by atoms with Gasteiger partial charge in [0, 0.05) is 12.3 Å². The maximum absolute atomic E-state index is 12.4. The fourth-order valence-corrected chi connectivity index (χ4v) is 2.55. The highest BCUT2D eigenvalue weighted by Crippen LogP contribution is 2.16. The second kappa shape index (κ2) is 6.75. The average molecular weight is 351 g/mol. The molecule has 0 unspecified atom stereocenters. The first-order chi connectivity index (χ1) is 12.7. The first-order valence-electron chi connectivity index (χ1n) is 7.94. The summed E-state index contributed by atoms with van der Waals surface area (Å²) in [6, 6.07) is 12.5. The summed E-state index contributed by atoms with van der Waals surface area (Å²) in [4.78, 5) is 25.1. The largest absolute Gasteiger partial charge is 0.475 e. The number of aromatic nitrogens is 4. The number of fused-ring (bicyclic) bond motifs is 3. The molecule has 0 saturated heterocycles. The monoisotopic (exact) mass is 351 g/mol. The Hall–Kier alpha value is -3.55. The number of ether oxygens (including phenoxy) is 1. The number of amides is 1. The second-order valence-corrected chi connectivity index (χ2v) is 5.46.